The molecule has 19 heavy (non-hydrogen) atoms. The van der Waals surface area contributed by atoms with E-state index in [9.17, 15) is 12.6 Å². The monoisotopic (exact) mass is 323 g/mol. The molecule has 0 aromatic heterocycles. The number of rotatable bonds is 7. The fraction of sp³-hybridized carbons (Fsp3) is 0.500. The Kier molecular flexibility index (Phi) is 6.46. The molecule has 0 aliphatic rings. The van der Waals surface area contributed by atoms with E-state index in [4.69, 9.17) is 11.6 Å². The van der Waals surface area contributed by atoms with E-state index in [0.717, 1.165) is 5.56 Å². The lowest BCUT2D eigenvalue weighted by Gasteiger charge is -2.12. The van der Waals surface area contributed by atoms with Crippen molar-refractivity contribution < 1.29 is 12.6 Å². The van der Waals surface area contributed by atoms with Crippen molar-refractivity contribution in [2.45, 2.75) is 18.6 Å². The minimum Gasteiger partial charge on any atom is -0.259 e. The predicted molar refractivity (Wildman–Crippen MR) is 80.3 cm³/mol. The Morgan fingerprint density at radius 1 is 1.42 bits per heavy atom. The molecular weight excluding hydrogens is 306 g/mol. The van der Waals surface area contributed by atoms with Gasteiger partial charge in [0.05, 0.1) is 11.0 Å². The minimum absolute atomic E-state index is 0.00247. The molecule has 0 fully saturated rings. The normalized spacial score (nSPS) is 15.1. The number of benzene rings is 1. The molecule has 1 aromatic carbocycles. The molecule has 1 N–H and O–H groups in total. The van der Waals surface area contributed by atoms with Gasteiger partial charge in [0.1, 0.15) is 0 Å². The van der Waals surface area contributed by atoms with Gasteiger partial charge in [-0.3, -0.25) is 4.21 Å². The summed E-state index contributed by atoms with van der Waals surface area (Å²) in [6.07, 6.45) is 0.376. The Hall–Kier alpha value is -0.430. The lowest BCUT2D eigenvalue weighted by atomic mass is 10.2. The summed E-state index contributed by atoms with van der Waals surface area (Å²) in [4.78, 5) is 0. The largest absolute Gasteiger partial charge is 0.259 e. The summed E-state index contributed by atoms with van der Waals surface area (Å²) in [5, 5.41) is 0.454. The van der Waals surface area contributed by atoms with Crippen LogP contribution in [-0.2, 0) is 20.8 Å². The zero-order valence-corrected chi connectivity index (χ0v) is 13.3. The first-order chi connectivity index (χ1) is 8.85. The molecule has 108 valence electrons. The average Bonchev–Trinajstić information content (AvgIpc) is 2.37. The van der Waals surface area contributed by atoms with E-state index < -0.39 is 20.8 Å². The molecule has 0 unspecified atom stereocenters. The highest BCUT2D eigenvalue weighted by Crippen LogP contribution is 2.22. The van der Waals surface area contributed by atoms with Crippen molar-refractivity contribution in [1.29, 1.82) is 0 Å². The zero-order valence-electron chi connectivity index (χ0n) is 10.9. The Bertz CT molecular complexity index is 546. The van der Waals surface area contributed by atoms with E-state index >= 15 is 0 Å². The third-order valence-electron chi connectivity index (χ3n) is 2.78. The van der Waals surface area contributed by atoms with E-state index in [1.165, 1.54) is 7.05 Å². The summed E-state index contributed by atoms with van der Waals surface area (Å²) >= 11 is 5.89. The van der Waals surface area contributed by atoms with Crippen LogP contribution in [-0.4, -0.2) is 31.2 Å². The molecule has 0 aliphatic heterocycles. The van der Waals surface area contributed by atoms with Crippen LogP contribution in [0.5, 0.6) is 0 Å². The summed E-state index contributed by atoms with van der Waals surface area (Å²) in [5.41, 5.74) is 0.905. The second kappa shape index (κ2) is 7.38. The maximum Gasteiger partial charge on any atom is 0.211 e. The van der Waals surface area contributed by atoms with Crippen molar-refractivity contribution in [3.8, 4) is 0 Å². The van der Waals surface area contributed by atoms with E-state index in [-0.39, 0.29) is 11.0 Å². The first kappa shape index (κ1) is 16.6. The third kappa shape index (κ3) is 5.60. The molecule has 2 atom stereocenters. The van der Waals surface area contributed by atoms with Crippen molar-refractivity contribution >= 4 is 32.4 Å². The Morgan fingerprint density at radius 2 is 2.11 bits per heavy atom. The van der Waals surface area contributed by atoms with Crippen LogP contribution < -0.4 is 4.72 Å². The fourth-order valence-electron chi connectivity index (χ4n) is 1.58. The van der Waals surface area contributed by atoms with Crippen LogP contribution in [0.25, 0.3) is 0 Å². The second-order valence-electron chi connectivity index (χ2n) is 4.16. The van der Waals surface area contributed by atoms with Gasteiger partial charge in [0.2, 0.25) is 10.0 Å². The van der Waals surface area contributed by atoms with Gasteiger partial charge in [-0.2, -0.15) is 0 Å². The zero-order chi connectivity index (χ0) is 14.5. The highest BCUT2D eigenvalue weighted by molar-refractivity contribution is 7.89. The Morgan fingerprint density at radius 3 is 2.68 bits per heavy atom. The second-order valence-corrected chi connectivity index (χ2v) is 8.52. The average molecular weight is 324 g/mol. The summed E-state index contributed by atoms with van der Waals surface area (Å²) in [7, 11) is -2.95. The van der Waals surface area contributed by atoms with Crippen LogP contribution in [0.15, 0.2) is 24.3 Å². The van der Waals surface area contributed by atoms with Crippen molar-refractivity contribution in [2.75, 3.05) is 18.6 Å². The molecule has 0 radical (unpaired) electrons. The van der Waals surface area contributed by atoms with Crippen LogP contribution in [0.3, 0.4) is 0 Å². The van der Waals surface area contributed by atoms with Gasteiger partial charge in [-0.05, 0) is 38.1 Å². The number of sulfonamides is 1. The lowest BCUT2D eigenvalue weighted by Crippen LogP contribution is -2.23. The van der Waals surface area contributed by atoms with Crippen LogP contribution in [0, 0.1) is 0 Å². The minimum atomic E-state index is -3.22. The standard InChI is InChI=1S/C12H18ClNO3S2/c1-10(11-5-3-6-12(13)9-11)18(15)7-4-8-19(16,17)14-2/h3,5-6,9-10,14H,4,7-8H2,1-2H3/t10-,18-/m1/s1. The van der Waals surface area contributed by atoms with Crippen LogP contribution in [0.4, 0.5) is 0 Å². The van der Waals surface area contributed by atoms with Crippen LogP contribution in [0.2, 0.25) is 5.02 Å². The smallest absolute Gasteiger partial charge is 0.211 e. The molecule has 4 nitrogen and oxygen atoms in total. The molecule has 0 heterocycles. The predicted octanol–water partition coefficient (Wildman–Crippen LogP) is 2.09. The fourth-order valence-corrected chi connectivity index (χ4v) is 3.92. The molecule has 1 aromatic rings. The first-order valence-corrected chi connectivity index (χ1v) is 9.31. The summed E-state index contributed by atoms with van der Waals surface area (Å²) in [6, 6.07) is 7.24. The van der Waals surface area contributed by atoms with E-state index in [1.54, 1.807) is 12.1 Å². The molecule has 0 saturated carbocycles. The number of nitrogens with one attached hydrogen (secondary N) is 1. The van der Waals surface area contributed by atoms with Gasteiger partial charge in [-0.1, -0.05) is 23.7 Å². The molecule has 0 saturated heterocycles. The van der Waals surface area contributed by atoms with E-state index in [1.807, 2.05) is 19.1 Å². The lowest BCUT2D eigenvalue weighted by molar-refractivity contribution is 0.587. The van der Waals surface area contributed by atoms with Crippen LogP contribution in [0.1, 0.15) is 24.2 Å². The van der Waals surface area contributed by atoms with Gasteiger partial charge in [0.15, 0.2) is 0 Å². The Balaban J connectivity index is 2.54. The van der Waals surface area contributed by atoms with Gasteiger partial charge in [-0.25, -0.2) is 13.1 Å². The van der Waals surface area contributed by atoms with E-state index in [2.05, 4.69) is 4.72 Å². The first-order valence-electron chi connectivity index (χ1n) is 5.89. The quantitative estimate of drug-likeness (QED) is 0.835. The maximum absolute atomic E-state index is 12.1. The summed E-state index contributed by atoms with van der Waals surface area (Å²) < 4.78 is 36.8. The summed E-state index contributed by atoms with van der Waals surface area (Å²) in [5.74, 6) is 0.353. The Labute approximate surface area is 122 Å². The highest BCUT2D eigenvalue weighted by Gasteiger charge is 2.15. The number of halogens is 1. The molecule has 0 aliphatic carbocycles. The van der Waals surface area contributed by atoms with Gasteiger partial charge in [0, 0.05) is 21.6 Å². The molecular formula is C12H18ClNO3S2. The van der Waals surface area contributed by atoms with E-state index in [0.29, 0.717) is 17.2 Å². The SMILES string of the molecule is CNS(=O)(=O)CCC[S@@](=O)[C@H](C)c1cccc(Cl)c1. The topological polar surface area (TPSA) is 63.2 Å². The van der Waals surface area contributed by atoms with Crippen molar-refractivity contribution in [3.05, 3.63) is 34.9 Å². The summed E-state index contributed by atoms with van der Waals surface area (Å²) in [6.45, 7) is 1.86. The van der Waals surface area contributed by atoms with Crippen molar-refractivity contribution in [3.63, 3.8) is 0 Å². The highest BCUT2D eigenvalue weighted by atomic mass is 35.5. The maximum atomic E-state index is 12.1. The molecule has 1 rings (SSSR count). The number of hydrogen-bond acceptors (Lipinski definition) is 3. The molecule has 0 amide bonds. The van der Waals surface area contributed by atoms with Crippen LogP contribution >= 0.6 is 11.6 Å². The third-order valence-corrected chi connectivity index (χ3v) is 6.22. The van der Waals surface area contributed by atoms with Gasteiger partial charge >= 0.3 is 0 Å². The van der Waals surface area contributed by atoms with Crippen molar-refractivity contribution in [2.24, 2.45) is 0 Å². The molecule has 0 spiro atoms. The number of hydrogen-bond donors (Lipinski definition) is 1. The van der Waals surface area contributed by atoms with Gasteiger partial charge in [-0.15, -0.1) is 0 Å². The van der Waals surface area contributed by atoms with Crippen molar-refractivity contribution in [1.82, 2.24) is 4.72 Å². The van der Waals surface area contributed by atoms with Gasteiger partial charge in [0.25, 0.3) is 0 Å². The molecule has 0 bridgehead atoms. The van der Waals surface area contributed by atoms with Gasteiger partial charge < -0.3 is 0 Å². The molecule has 7 heteroatoms.